The largest absolute Gasteiger partial charge is 0.491 e. The Morgan fingerprint density at radius 2 is 1.83 bits per heavy atom. The number of carbonyl (C=O) groups excluding carboxylic acids is 1. The van der Waals surface area contributed by atoms with Gasteiger partial charge in [-0.1, -0.05) is 48.5 Å². The molecule has 2 aromatic rings. The van der Waals surface area contributed by atoms with Crippen LogP contribution < -0.4 is 10.1 Å². The highest BCUT2D eigenvalue weighted by atomic mass is 16.5. The molecule has 0 bridgehead atoms. The minimum atomic E-state index is -0.496. The first-order chi connectivity index (χ1) is 11.8. The van der Waals surface area contributed by atoms with Crippen molar-refractivity contribution in [3.8, 4) is 16.9 Å². The highest BCUT2D eigenvalue weighted by Crippen LogP contribution is 2.29. The van der Waals surface area contributed by atoms with Crippen LogP contribution in [-0.4, -0.2) is 30.3 Å². The minimum absolute atomic E-state index is 0.0695. The van der Waals surface area contributed by atoms with Crippen molar-refractivity contribution >= 4 is 5.91 Å². The van der Waals surface area contributed by atoms with Gasteiger partial charge in [-0.05, 0) is 30.9 Å². The van der Waals surface area contributed by atoms with Crippen LogP contribution >= 0.6 is 0 Å². The third-order valence-electron chi connectivity index (χ3n) is 4.45. The summed E-state index contributed by atoms with van der Waals surface area (Å²) in [7, 11) is 0. The predicted octanol–water partition coefficient (Wildman–Crippen LogP) is 3.01. The molecule has 4 nitrogen and oxygen atoms in total. The van der Waals surface area contributed by atoms with Gasteiger partial charge in [0.2, 0.25) is 5.91 Å². The van der Waals surface area contributed by atoms with E-state index in [9.17, 15) is 9.90 Å². The lowest BCUT2D eigenvalue weighted by Crippen LogP contribution is -2.36. The number of aliphatic hydroxyl groups excluding tert-OH is 1. The van der Waals surface area contributed by atoms with E-state index in [-0.39, 0.29) is 11.8 Å². The number of nitrogens with one attached hydrogen (secondary N) is 1. The molecule has 0 aliphatic heterocycles. The molecule has 0 heterocycles. The second-order valence-electron chi connectivity index (χ2n) is 6.11. The van der Waals surface area contributed by atoms with E-state index in [0.717, 1.165) is 36.1 Å². The molecule has 1 saturated carbocycles. The fourth-order valence-corrected chi connectivity index (χ4v) is 3.16. The van der Waals surface area contributed by atoms with Gasteiger partial charge >= 0.3 is 0 Å². The van der Waals surface area contributed by atoms with Crippen molar-refractivity contribution in [2.24, 2.45) is 5.92 Å². The number of hydrogen-bond acceptors (Lipinski definition) is 3. The Bertz CT molecular complexity index is 672. The van der Waals surface area contributed by atoms with Gasteiger partial charge in [-0.3, -0.25) is 4.79 Å². The predicted molar refractivity (Wildman–Crippen MR) is 93.7 cm³/mol. The molecule has 24 heavy (non-hydrogen) atoms. The maximum atomic E-state index is 12.0. The zero-order valence-electron chi connectivity index (χ0n) is 13.7. The average molecular weight is 325 g/mol. The minimum Gasteiger partial charge on any atom is -0.491 e. The van der Waals surface area contributed by atoms with Gasteiger partial charge in [0, 0.05) is 5.56 Å². The van der Waals surface area contributed by atoms with Gasteiger partial charge in [-0.2, -0.15) is 0 Å². The van der Waals surface area contributed by atoms with E-state index >= 15 is 0 Å². The standard InChI is InChI=1S/C20H23NO3/c22-18-11-6-10-17(18)20(23)21-13-14-24-19-12-5-4-9-16(19)15-7-2-1-3-8-15/h1-5,7-9,12,17-18,22H,6,10-11,13-14H2,(H,21,23)/t17-,18-/m1/s1. The van der Waals surface area contributed by atoms with Gasteiger partial charge in [0.1, 0.15) is 12.4 Å². The second kappa shape index (κ2) is 7.97. The van der Waals surface area contributed by atoms with Crippen LogP contribution in [0.1, 0.15) is 19.3 Å². The van der Waals surface area contributed by atoms with Gasteiger partial charge in [-0.15, -0.1) is 0 Å². The topological polar surface area (TPSA) is 58.6 Å². The Morgan fingerprint density at radius 3 is 2.58 bits per heavy atom. The lowest BCUT2D eigenvalue weighted by Gasteiger charge is -2.15. The number of rotatable bonds is 6. The number of hydrogen-bond donors (Lipinski definition) is 2. The summed E-state index contributed by atoms with van der Waals surface area (Å²) in [5.74, 6) is 0.473. The Balaban J connectivity index is 1.53. The van der Waals surface area contributed by atoms with E-state index in [0.29, 0.717) is 13.2 Å². The third-order valence-corrected chi connectivity index (χ3v) is 4.45. The van der Waals surface area contributed by atoms with Crippen molar-refractivity contribution in [2.75, 3.05) is 13.2 Å². The molecule has 1 amide bonds. The monoisotopic (exact) mass is 325 g/mol. The SMILES string of the molecule is O=C(NCCOc1ccccc1-c1ccccc1)[C@@H]1CCC[C@H]1O. The fourth-order valence-electron chi connectivity index (χ4n) is 3.16. The van der Waals surface area contributed by atoms with Crippen LogP contribution in [-0.2, 0) is 4.79 Å². The summed E-state index contributed by atoms with van der Waals surface area (Å²) >= 11 is 0. The van der Waals surface area contributed by atoms with Gasteiger partial charge in [0.05, 0.1) is 18.6 Å². The van der Waals surface area contributed by atoms with Crippen molar-refractivity contribution in [1.82, 2.24) is 5.32 Å². The lowest BCUT2D eigenvalue weighted by atomic mass is 10.1. The summed E-state index contributed by atoms with van der Waals surface area (Å²) < 4.78 is 5.85. The van der Waals surface area contributed by atoms with Gasteiger partial charge < -0.3 is 15.2 Å². The molecule has 1 fully saturated rings. The molecule has 2 N–H and O–H groups in total. The van der Waals surface area contributed by atoms with Gasteiger partial charge in [0.15, 0.2) is 0 Å². The molecule has 3 rings (SSSR count). The van der Waals surface area contributed by atoms with E-state index in [2.05, 4.69) is 5.32 Å². The number of aliphatic hydroxyl groups is 1. The van der Waals surface area contributed by atoms with E-state index in [4.69, 9.17) is 4.74 Å². The Hall–Kier alpha value is -2.33. The summed E-state index contributed by atoms with van der Waals surface area (Å²) in [4.78, 5) is 12.0. The molecular formula is C20H23NO3. The quantitative estimate of drug-likeness (QED) is 0.803. The molecule has 1 aliphatic carbocycles. The summed E-state index contributed by atoms with van der Waals surface area (Å²) in [5, 5.41) is 12.6. The highest BCUT2D eigenvalue weighted by Gasteiger charge is 2.31. The zero-order chi connectivity index (χ0) is 16.8. The first kappa shape index (κ1) is 16.5. The van der Waals surface area contributed by atoms with Gasteiger partial charge in [0.25, 0.3) is 0 Å². The molecule has 1 aliphatic rings. The van der Waals surface area contributed by atoms with Crippen LogP contribution in [0.5, 0.6) is 5.75 Å². The normalized spacial score (nSPS) is 19.9. The molecule has 4 heteroatoms. The van der Waals surface area contributed by atoms with Crippen molar-refractivity contribution in [3.63, 3.8) is 0 Å². The van der Waals surface area contributed by atoms with Crippen LogP contribution in [0, 0.1) is 5.92 Å². The molecule has 2 aromatic carbocycles. The number of para-hydroxylation sites is 1. The van der Waals surface area contributed by atoms with E-state index in [1.165, 1.54) is 0 Å². The van der Waals surface area contributed by atoms with Crippen molar-refractivity contribution in [2.45, 2.75) is 25.4 Å². The smallest absolute Gasteiger partial charge is 0.225 e. The second-order valence-corrected chi connectivity index (χ2v) is 6.11. The molecule has 0 aromatic heterocycles. The summed E-state index contributed by atoms with van der Waals surface area (Å²) in [5.41, 5.74) is 2.14. The van der Waals surface area contributed by atoms with E-state index in [1.807, 2.05) is 54.6 Å². The van der Waals surface area contributed by atoms with Crippen molar-refractivity contribution in [1.29, 1.82) is 0 Å². The summed E-state index contributed by atoms with van der Waals surface area (Å²) in [6, 6.07) is 18.0. The maximum Gasteiger partial charge on any atom is 0.225 e. The first-order valence-electron chi connectivity index (χ1n) is 8.49. The van der Waals surface area contributed by atoms with Crippen LogP contribution in [0.15, 0.2) is 54.6 Å². The first-order valence-corrected chi connectivity index (χ1v) is 8.49. The molecule has 0 radical (unpaired) electrons. The average Bonchev–Trinajstić information content (AvgIpc) is 3.06. The van der Waals surface area contributed by atoms with Crippen LogP contribution in [0.2, 0.25) is 0 Å². The highest BCUT2D eigenvalue weighted by molar-refractivity contribution is 5.79. The molecule has 0 spiro atoms. The summed E-state index contributed by atoms with van der Waals surface area (Å²) in [6.07, 6.45) is 1.91. The number of ether oxygens (including phenoxy) is 1. The Morgan fingerprint density at radius 1 is 1.08 bits per heavy atom. The number of amides is 1. The van der Waals surface area contributed by atoms with E-state index in [1.54, 1.807) is 0 Å². The Kier molecular flexibility index (Phi) is 5.49. The van der Waals surface area contributed by atoms with Crippen LogP contribution in [0.3, 0.4) is 0 Å². The lowest BCUT2D eigenvalue weighted by molar-refractivity contribution is -0.127. The van der Waals surface area contributed by atoms with E-state index < -0.39 is 6.10 Å². The third kappa shape index (κ3) is 3.95. The fraction of sp³-hybridized carbons (Fsp3) is 0.350. The zero-order valence-corrected chi connectivity index (χ0v) is 13.7. The maximum absolute atomic E-state index is 12.0. The Labute approximate surface area is 142 Å². The van der Waals surface area contributed by atoms with Gasteiger partial charge in [-0.25, -0.2) is 0 Å². The molecular weight excluding hydrogens is 302 g/mol. The molecule has 2 atom stereocenters. The van der Waals surface area contributed by atoms with Crippen LogP contribution in [0.25, 0.3) is 11.1 Å². The van der Waals surface area contributed by atoms with Crippen molar-refractivity contribution in [3.05, 3.63) is 54.6 Å². The molecule has 126 valence electrons. The molecule has 0 unspecified atom stereocenters. The van der Waals surface area contributed by atoms with Crippen LogP contribution in [0.4, 0.5) is 0 Å². The van der Waals surface area contributed by atoms with Crippen molar-refractivity contribution < 1.29 is 14.6 Å². The summed E-state index contributed by atoms with van der Waals surface area (Å²) in [6.45, 7) is 0.837. The number of benzene rings is 2. The number of carbonyl (C=O) groups is 1. The molecule has 0 saturated heterocycles.